The van der Waals surface area contributed by atoms with E-state index in [-0.39, 0.29) is 11.8 Å². The number of ether oxygens (including phenoxy) is 2. The molecule has 3 heterocycles. The average molecular weight is 327 g/mol. The van der Waals surface area contributed by atoms with Crippen LogP contribution in [0.25, 0.3) is 0 Å². The SMILES string of the molecule is O=C(c1ccc(OC(F)F)nc1)N1CCN(C2CCOC2)CC1. The first-order chi connectivity index (χ1) is 11.1. The molecule has 0 bridgehead atoms. The lowest BCUT2D eigenvalue weighted by Crippen LogP contribution is -2.52. The summed E-state index contributed by atoms with van der Waals surface area (Å²) in [5.74, 6) is -0.328. The number of hydrogen-bond acceptors (Lipinski definition) is 5. The first-order valence-electron chi connectivity index (χ1n) is 7.65. The number of carbonyl (C=O) groups excluding carboxylic acids is 1. The van der Waals surface area contributed by atoms with E-state index in [1.54, 1.807) is 4.90 Å². The van der Waals surface area contributed by atoms with E-state index < -0.39 is 6.61 Å². The highest BCUT2D eigenvalue weighted by atomic mass is 19.3. The summed E-state index contributed by atoms with van der Waals surface area (Å²) in [6, 6.07) is 3.20. The maximum atomic E-state index is 12.4. The van der Waals surface area contributed by atoms with Crippen molar-refractivity contribution < 1.29 is 23.0 Å². The van der Waals surface area contributed by atoms with E-state index in [2.05, 4.69) is 14.6 Å². The normalized spacial score (nSPS) is 22.6. The van der Waals surface area contributed by atoms with Crippen molar-refractivity contribution in [3.8, 4) is 5.88 Å². The van der Waals surface area contributed by atoms with Crippen LogP contribution >= 0.6 is 0 Å². The van der Waals surface area contributed by atoms with Crippen LogP contribution in [0.1, 0.15) is 16.8 Å². The molecular weight excluding hydrogens is 308 g/mol. The van der Waals surface area contributed by atoms with Gasteiger partial charge in [0.05, 0.1) is 12.2 Å². The summed E-state index contributed by atoms with van der Waals surface area (Å²) < 4.78 is 33.7. The minimum Gasteiger partial charge on any atom is -0.417 e. The van der Waals surface area contributed by atoms with Gasteiger partial charge < -0.3 is 14.4 Å². The summed E-state index contributed by atoms with van der Waals surface area (Å²) in [6.07, 6.45) is 2.32. The zero-order chi connectivity index (χ0) is 16.2. The minimum atomic E-state index is -2.92. The van der Waals surface area contributed by atoms with Crippen molar-refractivity contribution in [2.75, 3.05) is 39.4 Å². The van der Waals surface area contributed by atoms with Crippen molar-refractivity contribution >= 4 is 5.91 Å². The summed E-state index contributed by atoms with van der Waals surface area (Å²) in [5.41, 5.74) is 0.379. The van der Waals surface area contributed by atoms with Crippen LogP contribution < -0.4 is 4.74 Å². The van der Waals surface area contributed by atoms with Crippen molar-refractivity contribution in [2.24, 2.45) is 0 Å². The zero-order valence-electron chi connectivity index (χ0n) is 12.7. The lowest BCUT2D eigenvalue weighted by Gasteiger charge is -2.37. The molecule has 1 amide bonds. The molecule has 1 aromatic rings. The Morgan fingerprint density at radius 2 is 2.09 bits per heavy atom. The molecule has 0 N–H and O–H groups in total. The quantitative estimate of drug-likeness (QED) is 0.833. The molecule has 2 saturated heterocycles. The van der Waals surface area contributed by atoms with E-state index in [0.29, 0.717) is 24.7 Å². The fraction of sp³-hybridized carbons (Fsp3) is 0.600. The summed E-state index contributed by atoms with van der Waals surface area (Å²) in [6.45, 7) is 1.58. The maximum Gasteiger partial charge on any atom is 0.388 e. The van der Waals surface area contributed by atoms with Gasteiger partial charge >= 0.3 is 6.61 Å². The molecule has 8 heteroatoms. The molecule has 0 radical (unpaired) electrons. The Labute approximate surface area is 133 Å². The molecule has 6 nitrogen and oxygen atoms in total. The number of carbonyl (C=O) groups is 1. The topological polar surface area (TPSA) is 54.9 Å². The second-order valence-corrected chi connectivity index (χ2v) is 5.61. The first kappa shape index (κ1) is 16.1. The van der Waals surface area contributed by atoms with Crippen LogP contribution in [0, 0.1) is 0 Å². The van der Waals surface area contributed by atoms with Gasteiger partial charge in [0.25, 0.3) is 5.91 Å². The number of pyridine rings is 1. The summed E-state index contributed by atoms with van der Waals surface area (Å²) >= 11 is 0. The Hall–Kier alpha value is -1.80. The molecule has 1 atom stereocenters. The monoisotopic (exact) mass is 327 g/mol. The van der Waals surface area contributed by atoms with Crippen molar-refractivity contribution in [2.45, 2.75) is 19.1 Å². The molecule has 0 aliphatic carbocycles. The molecular formula is C15H19F2N3O3. The molecule has 2 aliphatic rings. The number of hydrogen-bond donors (Lipinski definition) is 0. The van der Waals surface area contributed by atoms with Crippen LogP contribution in [0.3, 0.4) is 0 Å². The van der Waals surface area contributed by atoms with E-state index in [1.165, 1.54) is 18.3 Å². The highest BCUT2D eigenvalue weighted by Gasteiger charge is 2.28. The molecule has 1 aromatic heterocycles. The molecule has 0 spiro atoms. The maximum absolute atomic E-state index is 12.4. The molecule has 0 saturated carbocycles. The summed E-state index contributed by atoms with van der Waals surface area (Å²) in [7, 11) is 0. The second-order valence-electron chi connectivity index (χ2n) is 5.61. The van der Waals surface area contributed by atoms with Crippen LogP contribution in [0.2, 0.25) is 0 Å². The van der Waals surface area contributed by atoms with Crippen molar-refractivity contribution in [1.29, 1.82) is 0 Å². The van der Waals surface area contributed by atoms with Gasteiger partial charge in [0.1, 0.15) is 0 Å². The number of alkyl halides is 2. The highest BCUT2D eigenvalue weighted by Crippen LogP contribution is 2.17. The van der Waals surface area contributed by atoms with Gasteiger partial charge in [-0.25, -0.2) is 4.98 Å². The van der Waals surface area contributed by atoms with E-state index in [4.69, 9.17) is 4.74 Å². The Kier molecular flexibility index (Phi) is 5.02. The number of amides is 1. The lowest BCUT2D eigenvalue weighted by atomic mass is 10.1. The molecule has 1 unspecified atom stereocenters. The van der Waals surface area contributed by atoms with Crippen molar-refractivity contribution in [3.05, 3.63) is 23.9 Å². The third-order valence-corrected chi connectivity index (χ3v) is 4.22. The predicted octanol–water partition coefficient (Wildman–Crippen LogP) is 1.23. The van der Waals surface area contributed by atoms with Gasteiger partial charge in [0.15, 0.2) is 0 Å². The smallest absolute Gasteiger partial charge is 0.388 e. The Bertz CT molecular complexity index is 527. The van der Waals surface area contributed by atoms with Crippen LogP contribution in [-0.4, -0.2) is 72.7 Å². The van der Waals surface area contributed by atoms with Gasteiger partial charge in [-0.2, -0.15) is 8.78 Å². The Morgan fingerprint density at radius 1 is 1.30 bits per heavy atom. The van der Waals surface area contributed by atoms with Crippen LogP contribution in [0.15, 0.2) is 18.3 Å². The van der Waals surface area contributed by atoms with Gasteiger partial charge in [0.2, 0.25) is 5.88 Å². The summed E-state index contributed by atoms with van der Waals surface area (Å²) in [5, 5.41) is 0. The predicted molar refractivity (Wildman–Crippen MR) is 77.6 cm³/mol. The minimum absolute atomic E-state index is 0.136. The molecule has 23 heavy (non-hydrogen) atoms. The van der Waals surface area contributed by atoms with E-state index >= 15 is 0 Å². The van der Waals surface area contributed by atoms with Crippen molar-refractivity contribution in [1.82, 2.24) is 14.8 Å². The standard InChI is InChI=1S/C15H19F2N3O3/c16-15(17)23-13-2-1-11(9-18-13)14(21)20-6-4-19(5-7-20)12-3-8-22-10-12/h1-2,9,12,15H,3-8,10H2. The van der Waals surface area contributed by atoms with Gasteiger partial charge in [-0.15, -0.1) is 0 Å². The van der Waals surface area contributed by atoms with Crippen LogP contribution in [0.5, 0.6) is 5.88 Å². The van der Waals surface area contributed by atoms with E-state index in [0.717, 1.165) is 32.7 Å². The van der Waals surface area contributed by atoms with Crippen LogP contribution in [-0.2, 0) is 4.74 Å². The van der Waals surface area contributed by atoms with Gasteiger partial charge in [-0.3, -0.25) is 9.69 Å². The van der Waals surface area contributed by atoms with Gasteiger partial charge in [-0.05, 0) is 12.5 Å². The molecule has 2 fully saturated rings. The Balaban J connectivity index is 1.54. The average Bonchev–Trinajstić information content (AvgIpc) is 3.09. The second kappa shape index (κ2) is 7.18. The Morgan fingerprint density at radius 3 is 2.65 bits per heavy atom. The lowest BCUT2D eigenvalue weighted by molar-refractivity contribution is -0.0528. The summed E-state index contributed by atoms with van der Waals surface area (Å²) in [4.78, 5) is 20.3. The first-order valence-corrected chi connectivity index (χ1v) is 7.65. The molecule has 126 valence electrons. The number of halogens is 2. The molecule has 3 rings (SSSR count). The van der Waals surface area contributed by atoms with E-state index in [9.17, 15) is 13.6 Å². The molecule has 2 aliphatic heterocycles. The highest BCUT2D eigenvalue weighted by molar-refractivity contribution is 5.94. The number of piperazine rings is 1. The van der Waals surface area contributed by atoms with Gasteiger partial charge in [0, 0.05) is 51.1 Å². The number of aromatic nitrogens is 1. The molecule has 0 aromatic carbocycles. The fourth-order valence-corrected chi connectivity index (χ4v) is 2.95. The zero-order valence-corrected chi connectivity index (χ0v) is 12.7. The largest absolute Gasteiger partial charge is 0.417 e. The number of nitrogens with zero attached hydrogens (tertiary/aromatic N) is 3. The van der Waals surface area contributed by atoms with Crippen LogP contribution in [0.4, 0.5) is 8.78 Å². The van der Waals surface area contributed by atoms with E-state index in [1.807, 2.05) is 0 Å². The van der Waals surface area contributed by atoms with Gasteiger partial charge in [-0.1, -0.05) is 0 Å². The fourth-order valence-electron chi connectivity index (χ4n) is 2.95. The third kappa shape index (κ3) is 3.94. The third-order valence-electron chi connectivity index (χ3n) is 4.22. The van der Waals surface area contributed by atoms with Crippen molar-refractivity contribution in [3.63, 3.8) is 0 Å². The number of rotatable bonds is 4.